The minimum Gasteiger partial charge on any atom is -0.378 e. The van der Waals surface area contributed by atoms with Crippen molar-refractivity contribution in [2.45, 2.75) is 51.3 Å². The minimum atomic E-state index is -0.442. The molecule has 2 aliphatic rings. The summed E-state index contributed by atoms with van der Waals surface area (Å²) in [5.41, 5.74) is 0.509. The molecule has 2 saturated carbocycles. The third-order valence-electron chi connectivity index (χ3n) is 5.43. The Morgan fingerprint density at radius 1 is 1.36 bits per heavy atom. The van der Waals surface area contributed by atoms with Crippen LogP contribution in [0.2, 0.25) is 0 Å². The lowest BCUT2D eigenvalue weighted by Crippen LogP contribution is -2.68. The highest BCUT2D eigenvalue weighted by Crippen LogP contribution is 2.57. The predicted molar refractivity (Wildman–Crippen MR) is 105 cm³/mol. The maximum atomic E-state index is 13.7. The fourth-order valence-electron chi connectivity index (χ4n) is 3.86. The van der Waals surface area contributed by atoms with Crippen LogP contribution < -0.4 is 10.6 Å². The molecule has 0 aliphatic heterocycles. The second kappa shape index (κ2) is 8.62. The number of nitrogens with one attached hydrogen (secondary N) is 2. The number of ether oxygens (including phenoxy) is 1. The predicted octanol–water partition coefficient (Wildman–Crippen LogP) is 3.60. The molecule has 2 N–H and O–H groups in total. The van der Waals surface area contributed by atoms with Crippen molar-refractivity contribution in [3.63, 3.8) is 0 Å². The third kappa shape index (κ3) is 4.07. The van der Waals surface area contributed by atoms with Crippen molar-refractivity contribution < 1.29 is 13.5 Å². The molecule has 1 spiro atoms. The summed E-state index contributed by atoms with van der Waals surface area (Å²) in [5.74, 6) is -0.247. The first-order valence-electron chi connectivity index (χ1n) is 8.62. The van der Waals surface area contributed by atoms with Crippen molar-refractivity contribution in [3.8, 4) is 0 Å². The summed E-state index contributed by atoms with van der Waals surface area (Å²) >= 11 is 0. The maximum Gasteiger partial charge on any atom is 0.191 e. The molecule has 7 heteroatoms. The largest absolute Gasteiger partial charge is 0.378 e. The van der Waals surface area contributed by atoms with E-state index in [9.17, 15) is 8.78 Å². The van der Waals surface area contributed by atoms with E-state index in [0.29, 0.717) is 18.1 Å². The van der Waals surface area contributed by atoms with E-state index in [2.05, 4.69) is 15.6 Å². The molecular weight excluding hydrogens is 439 g/mol. The smallest absolute Gasteiger partial charge is 0.191 e. The van der Waals surface area contributed by atoms with Gasteiger partial charge in [-0.2, -0.15) is 0 Å². The Balaban J connectivity index is 0.00000225. The SMILES string of the molecule is CCOC1CC(NC(=NC)NCc2cc(F)ccc2F)C12CCC2.I. The zero-order valence-electron chi connectivity index (χ0n) is 14.6. The molecule has 0 heterocycles. The standard InChI is InChI=1S/C18H25F2N3O.HI/c1-3-24-16-10-15(18(16)7-4-8-18)23-17(21-2)22-11-12-9-13(19)5-6-14(12)20;/h5-6,9,15-16H,3-4,7-8,10-11H2,1-2H3,(H2,21,22,23);1H. The molecule has 4 nitrogen and oxygen atoms in total. The van der Waals surface area contributed by atoms with Gasteiger partial charge in [0.2, 0.25) is 0 Å². The van der Waals surface area contributed by atoms with Crippen LogP contribution in [-0.4, -0.2) is 31.8 Å². The molecule has 1 aromatic rings. The van der Waals surface area contributed by atoms with E-state index >= 15 is 0 Å². The van der Waals surface area contributed by atoms with E-state index in [1.54, 1.807) is 7.05 Å². The van der Waals surface area contributed by atoms with Crippen LogP contribution in [0.3, 0.4) is 0 Å². The van der Waals surface area contributed by atoms with Gasteiger partial charge in [0.1, 0.15) is 11.6 Å². The Bertz CT molecular complexity index is 622. The first-order chi connectivity index (χ1) is 11.6. The van der Waals surface area contributed by atoms with Crippen LogP contribution in [-0.2, 0) is 11.3 Å². The Kier molecular flexibility index (Phi) is 7.01. The second-order valence-electron chi connectivity index (χ2n) is 6.62. The average molecular weight is 465 g/mol. The van der Waals surface area contributed by atoms with Gasteiger partial charge in [0.15, 0.2) is 5.96 Å². The summed E-state index contributed by atoms with van der Waals surface area (Å²) < 4.78 is 32.8. The fraction of sp³-hybridized carbons (Fsp3) is 0.611. The molecule has 3 rings (SSSR count). The highest BCUT2D eigenvalue weighted by molar-refractivity contribution is 14.0. The van der Waals surface area contributed by atoms with Crippen molar-refractivity contribution in [1.29, 1.82) is 0 Å². The van der Waals surface area contributed by atoms with Crippen LogP contribution in [0.4, 0.5) is 8.78 Å². The Morgan fingerprint density at radius 2 is 2.12 bits per heavy atom. The summed E-state index contributed by atoms with van der Waals surface area (Å²) in [6, 6.07) is 3.79. The molecule has 0 amide bonds. The summed E-state index contributed by atoms with van der Waals surface area (Å²) in [6.07, 6.45) is 4.87. The van der Waals surface area contributed by atoms with E-state index in [1.165, 1.54) is 25.3 Å². The lowest BCUT2D eigenvalue weighted by atomic mass is 9.51. The monoisotopic (exact) mass is 465 g/mol. The number of halogens is 3. The van der Waals surface area contributed by atoms with Crippen LogP contribution in [0, 0.1) is 17.0 Å². The van der Waals surface area contributed by atoms with Gasteiger partial charge in [0, 0.05) is 37.2 Å². The first kappa shape index (κ1) is 20.4. The van der Waals surface area contributed by atoms with Crippen LogP contribution in [0.25, 0.3) is 0 Å². The van der Waals surface area contributed by atoms with Gasteiger partial charge < -0.3 is 15.4 Å². The van der Waals surface area contributed by atoms with Gasteiger partial charge in [-0.3, -0.25) is 4.99 Å². The quantitative estimate of drug-likeness (QED) is 0.397. The van der Waals surface area contributed by atoms with Gasteiger partial charge >= 0.3 is 0 Å². The summed E-state index contributed by atoms with van der Waals surface area (Å²) in [5, 5.41) is 6.51. The zero-order chi connectivity index (χ0) is 17.2. The van der Waals surface area contributed by atoms with Crippen molar-refractivity contribution in [2.75, 3.05) is 13.7 Å². The molecule has 0 aromatic heterocycles. The van der Waals surface area contributed by atoms with Crippen molar-refractivity contribution in [3.05, 3.63) is 35.4 Å². The number of guanidine groups is 1. The number of aliphatic imine (C=N–C) groups is 1. The number of hydrogen-bond acceptors (Lipinski definition) is 2. The molecular formula is C18H26F2IN3O. The van der Waals surface area contributed by atoms with Gasteiger partial charge in [-0.15, -0.1) is 24.0 Å². The second-order valence-corrected chi connectivity index (χ2v) is 6.62. The minimum absolute atomic E-state index is 0. The normalized spacial score (nSPS) is 24.1. The zero-order valence-corrected chi connectivity index (χ0v) is 17.0. The van der Waals surface area contributed by atoms with Gasteiger partial charge in [0.25, 0.3) is 0 Å². The van der Waals surface area contributed by atoms with Crippen LogP contribution in [0.15, 0.2) is 23.2 Å². The van der Waals surface area contributed by atoms with Crippen LogP contribution >= 0.6 is 24.0 Å². The average Bonchev–Trinajstić information content (AvgIpc) is 2.50. The van der Waals surface area contributed by atoms with E-state index in [4.69, 9.17) is 4.74 Å². The van der Waals surface area contributed by atoms with Gasteiger partial charge in [-0.05, 0) is 44.4 Å². The molecule has 25 heavy (non-hydrogen) atoms. The van der Waals surface area contributed by atoms with Crippen LogP contribution in [0.1, 0.15) is 38.2 Å². The molecule has 2 atom stereocenters. The highest BCUT2D eigenvalue weighted by Gasteiger charge is 2.59. The molecule has 2 unspecified atom stereocenters. The molecule has 140 valence electrons. The lowest BCUT2D eigenvalue weighted by Gasteiger charge is -2.61. The van der Waals surface area contributed by atoms with Gasteiger partial charge in [-0.1, -0.05) is 6.42 Å². The Morgan fingerprint density at radius 3 is 2.72 bits per heavy atom. The number of nitrogens with zero attached hydrogens (tertiary/aromatic N) is 1. The fourth-order valence-corrected chi connectivity index (χ4v) is 3.86. The number of benzene rings is 1. The highest BCUT2D eigenvalue weighted by atomic mass is 127. The Hall–Kier alpha value is -0.960. The summed E-state index contributed by atoms with van der Waals surface area (Å²) in [6.45, 7) is 2.96. The van der Waals surface area contributed by atoms with Gasteiger partial charge in [-0.25, -0.2) is 8.78 Å². The molecule has 0 radical (unpaired) electrons. The van der Waals surface area contributed by atoms with Crippen LogP contribution in [0.5, 0.6) is 0 Å². The van der Waals surface area contributed by atoms with E-state index < -0.39 is 11.6 Å². The van der Waals surface area contributed by atoms with E-state index in [-0.39, 0.29) is 41.5 Å². The van der Waals surface area contributed by atoms with Crippen molar-refractivity contribution in [1.82, 2.24) is 10.6 Å². The van der Waals surface area contributed by atoms with E-state index in [1.807, 2.05) is 6.92 Å². The van der Waals surface area contributed by atoms with Crippen molar-refractivity contribution >= 4 is 29.9 Å². The lowest BCUT2D eigenvalue weighted by molar-refractivity contribution is -0.168. The Labute approximate surface area is 164 Å². The topological polar surface area (TPSA) is 45.6 Å². The molecule has 0 saturated heterocycles. The van der Waals surface area contributed by atoms with E-state index in [0.717, 1.165) is 25.2 Å². The molecule has 2 fully saturated rings. The number of rotatable bonds is 5. The summed E-state index contributed by atoms with van der Waals surface area (Å²) in [4.78, 5) is 4.21. The first-order valence-corrected chi connectivity index (χ1v) is 8.62. The summed E-state index contributed by atoms with van der Waals surface area (Å²) in [7, 11) is 1.68. The maximum absolute atomic E-state index is 13.7. The molecule has 1 aromatic carbocycles. The van der Waals surface area contributed by atoms with Crippen molar-refractivity contribution in [2.24, 2.45) is 10.4 Å². The molecule has 0 bridgehead atoms. The third-order valence-corrected chi connectivity index (χ3v) is 5.43. The number of hydrogen-bond donors (Lipinski definition) is 2. The molecule has 2 aliphatic carbocycles. The van der Waals surface area contributed by atoms with Gasteiger partial charge in [0.05, 0.1) is 6.10 Å².